The number of para-hydroxylation sites is 1. The first kappa shape index (κ1) is 16.8. The van der Waals surface area contributed by atoms with Crippen LogP contribution in [0.5, 0.6) is 5.75 Å². The van der Waals surface area contributed by atoms with Crippen LogP contribution in [0.3, 0.4) is 0 Å². The Hall–Kier alpha value is -2.57. The van der Waals surface area contributed by atoms with Gasteiger partial charge in [0.1, 0.15) is 11.8 Å². The lowest BCUT2D eigenvalue weighted by molar-refractivity contribution is -0.148. The molecule has 2 N–H and O–H groups in total. The second kappa shape index (κ2) is 7.62. The number of aryl methyl sites for hydroxylation is 1. The fourth-order valence-electron chi connectivity index (χ4n) is 2.68. The molecule has 1 aliphatic heterocycles. The summed E-state index contributed by atoms with van der Waals surface area (Å²) in [6.45, 7) is 0.670. The number of rotatable bonds is 6. The van der Waals surface area contributed by atoms with E-state index < -0.39 is 17.9 Å². The minimum atomic E-state index is -1.10. The number of carboxylic acids is 1. The zero-order valence-electron chi connectivity index (χ0n) is 12.9. The van der Waals surface area contributed by atoms with Crippen LogP contribution in [-0.4, -0.2) is 54.0 Å². The lowest BCUT2D eigenvalue weighted by Crippen LogP contribution is -2.57. The van der Waals surface area contributed by atoms with Crippen molar-refractivity contribution in [1.82, 2.24) is 10.2 Å². The Labute approximate surface area is 134 Å². The number of carbonyl (C=O) groups excluding carboxylic acids is 2. The molecule has 0 bridgehead atoms. The average Bonchev–Trinajstić information content (AvgIpc) is 2.54. The fraction of sp³-hybridized carbons (Fsp3) is 0.438. The molecule has 0 aliphatic carbocycles. The van der Waals surface area contributed by atoms with Crippen molar-refractivity contribution in [2.45, 2.75) is 25.3 Å². The topological polar surface area (TPSA) is 95.9 Å². The third-order valence-corrected chi connectivity index (χ3v) is 3.82. The van der Waals surface area contributed by atoms with Crippen LogP contribution in [0.4, 0.5) is 0 Å². The Kier molecular flexibility index (Phi) is 5.56. The van der Waals surface area contributed by atoms with E-state index in [1.54, 1.807) is 7.11 Å². The molecule has 7 nitrogen and oxygen atoms in total. The Morgan fingerprint density at radius 2 is 2.13 bits per heavy atom. The number of aliphatic carboxylic acids is 1. The van der Waals surface area contributed by atoms with Crippen LogP contribution < -0.4 is 10.1 Å². The molecule has 124 valence electrons. The Balaban J connectivity index is 2.03. The van der Waals surface area contributed by atoms with Crippen LogP contribution in [0.1, 0.15) is 18.4 Å². The number of carbonyl (C=O) groups is 3. The molecule has 0 aromatic heterocycles. The number of ether oxygens (including phenoxy) is 1. The van der Waals surface area contributed by atoms with E-state index in [-0.39, 0.29) is 18.7 Å². The number of benzene rings is 1. The van der Waals surface area contributed by atoms with Gasteiger partial charge in [-0.25, -0.2) is 0 Å². The summed E-state index contributed by atoms with van der Waals surface area (Å²) >= 11 is 0. The van der Waals surface area contributed by atoms with E-state index in [1.165, 1.54) is 4.90 Å². The molecule has 1 aromatic rings. The Morgan fingerprint density at radius 3 is 2.83 bits per heavy atom. The number of methoxy groups -OCH3 is 1. The molecule has 1 unspecified atom stereocenters. The van der Waals surface area contributed by atoms with Gasteiger partial charge in [-0.05, 0) is 18.1 Å². The van der Waals surface area contributed by atoms with Crippen molar-refractivity contribution in [1.29, 1.82) is 0 Å². The second-order valence-electron chi connectivity index (χ2n) is 5.30. The van der Waals surface area contributed by atoms with Crippen molar-refractivity contribution in [2.75, 3.05) is 20.2 Å². The molecule has 1 heterocycles. The molecule has 1 aliphatic rings. The summed E-state index contributed by atoms with van der Waals surface area (Å²) < 4.78 is 5.25. The van der Waals surface area contributed by atoms with Crippen LogP contribution in [0.25, 0.3) is 0 Å². The number of amides is 2. The molecule has 1 aromatic carbocycles. The zero-order valence-corrected chi connectivity index (χ0v) is 12.9. The normalized spacial score (nSPS) is 17.5. The van der Waals surface area contributed by atoms with Crippen molar-refractivity contribution < 1.29 is 24.2 Å². The molecule has 23 heavy (non-hydrogen) atoms. The smallest absolute Gasteiger partial charge is 0.305 e. The van der Waals surface area contributed by atoms with Gasteiger partial charge in [0.05, 0.1) is 13.5 Å². The van der Waals surface area contributed by atoms with Gasteiger partial charge in [-0.2, -0.15) is 0 Å². The van der Waals surface area contributed by atoms with Gasteiger partial charge >= 0.3 is 5.97 Å². The molecular weight excluding hydrogens is 300 g/mol. The SMILES string of the molecule is COc1ccccc1CCC(=O)N1CCNC(=O)C1CC(=O)O. The van der Waals surface area contributed by atoms with Crippen LogP contribution in [0, 0.1) is 0 Å². The van der Waals surface area contributed by atoms with Gasteiger partial charge in [-0.15, -0.1) is 0 Å². The van der Waals surface area contributed by atoms with Crippen LogP contribution in [0.2, 0.25) is 0 Å². The highest BCUT2D eigenvalue weighted by Crippen LogP contribution is 2.20. The highest BCUT2D eigenvalue weighted by molar-refractivity contribution is 5.91. The van der Waals surface area contributed by atoms with Gasteiger partial charge in [0.15, 0.2) is 0 Å². The van der Waals surface area contributed by atoms with Crippen molar-refractivity contribution in [2.24, 2.45) is 0 Å². The van der Waals surface area contributed by atoms with Gasteiger partial charge in [-0.1, -0.05) is 18.2 Å². The lowest BCUT2D eigenvalue weighted by atomic mass is 10.0. The quantitative estimate of drug-likeness (QED) is 0.792. The molecule has 0 spiro atoms. The number of nitrogens with one attached hydrogen (secondary N) is 1. The molecule has 2 amide bonds. The Morgan fingerprint density at radius 1 is 1.39 bits per heavy atom. The number of nitrogens with zero attached hydrogens (tertiary/aromatic N) is 1. The van der Waals surface area contributed by atoms with Crippen LogP contribution >= 0.6 is 0 Å². The summed E-state index contributed by atoms with van der Waals surface area (Å²) in [4.78, 5) is 36.5. The van der Waals surface area contributed by atoms with E-state index in [1.807, 2.05) is 24.3 Å². The lowest BCUT2D eigenvalue weighted by Gasteiger charge is -2.34. The number of hydrogen-bond donors (Lipinski definition) is 2. The maximum atomic E-state index is 12.4. The predicted molar refractivity (Wildman–Crippen MR) is 82.1 cm³/mol. The van der Waals surface area contributed by atoms with Crippen LogP contribution in [-0.2, 0) is 20.8 Å². The van der Waals surface area contributed by atoms with Gasteiger partial charge < -0.3 is 20.1 Å². The molecule has 7 heteroatoms. The van der Waals surface area contributed by atoms with Crippen molar-refractivity contribution in [3.8, 4) is 5.75 Å². The maximum Gasteiger partial charge on any atom is 0.305 e. The molecule has 2 rings (SSSR count). The summed E-state index contributed by atoms with van der Waals surface area (Å²) in [5, 5.41) is 11.5. The van der Waals surface area contributed by atoms with Crippen molar-refractivity contribution in [3.63, 3.8) is 0 Å². The minimum Gasteiger partial charge on any atom is -0.496 e. The number of carboxylic acid groups (broad SMARTS) is 1. The summed E-state index contributed by atoms with van der Waals surface area (Å²) in [6.07, 6.45) is 0.288. The molecule has 1 saturated heterocycles. The average molecular weight is 320 g/mol. The zero-order chi connectivity index (χ0) is 16.8. The Bertz CT molecular complexity index is 602. The number of hydrogen-bond acceptors (Lipinski definition) is 4. The van der Waals surface area contributed by atoms with Crippen molar-refractivity contribution in [3.05, 3.63) is 29.8 Å². The number of piperazine rings is 1. The van der Waals surface area contributed by atoms with Gasteiger partial charge in [0, 0.05) is 19.5 Å². The molecule has 1 atom stereocenters. The van der Waals surface area contributed by atoms with E-state index in [0.29, 0.717) is 25.3 Å². The van der Waals surface area contributed by atoms with E-state index in [2.05, 4.69) is 5.32 Å². The molecular formula is C16H20N2O5. The molecule has 0 saturated carbocycles. The summed E-state index contributed by atoms with van der Waals surface area (Å²) in [5.41, 5.74) is 0.902. The highest BCUT2D eigenvalue weighted by Gasteiger charge is 2.34. The van der Waals surface area contributed by atoms with Crippen LogP contribution in [0.15, 0.2) is 24.3 Å². The third-order valence-electron chi connectivity index (χ3n) is 3.82. The summed E-state index contributed by atoms with van der Waals surface area (Å²) in [6, 6.07) is 6.48. The highest BCUT2D eigenvalue weighted by atomic mass is 16.5. The standard InChI is InChI=1S/C16H20N2O5/c1-23-13-5-3-2-4-11(13)6-7-14(19)18-9-8-17-16(22)12(18)10-15(20)21/h2-5,12H,6-10H2,1H3,(H,17,22)(H,20,21). The summed E-state index contributed by atoms with van der Waals surface area (Å²) in [7, 11) is 1.57. The monoisotopic (exact) mass is 320 g/mol. The molecule has 0 radical (unpaired) electrons. The first-order valence-corrected chi connectivity index (χ1v) is 7.43. The predicted octanol–water partition coefficient (Wildman–Crippen LogP) is 0.429. The first-order chi connectivity index (χ1) is 11.0. The largest absolute Gasteiger partial charge is 0.496 e. The van der Waals surface area contributed by atoms with Crippen molar-refractivity contribution >= 4 is 17.8 Å². The van der Waals surface area contributed by atoms with E-state index in [0.717, 1.165) is 5.56 Å². The van der Waals surface area contributed by atoms with E-state index >= 15 is 0 Å². The third kappa shape index (κ3) is 4.21. The van der Waals surface area contributed by atoms with Gasteiger partial charge in [-0.3, -0.25) is 14.4 Å². The molecule has 1 fully saturated rings. The fourth-order valence-corrected chi connectivity index (χ4v) is 2.68. The van der Waals surface area contributed by atoms with Gasteiger partial charge in [0.25, 0.3) is 0 Å². The first-order valence-electron chi connectivity index (χ1n) is 7.43. The minimum absolute atomic E-state index is 0.198. The van der Waals surface area contributed by atoms with E-state index in [9.17, 15) is 14.4 Å². The van der Waals surface area contributed by atoms with Gasteiger partial charge in [0.2, 0.25) is 11.8 Å². The maximum absolute atomic E-state index is 12.4. The second-order valence-corrected chi connectivity index (χ2v) is 5.30. The summed E-state index contributed by atoms with van der Waals surface area (Å²) in [5.74, 6) is -1.03. The van der Waals surface area contributed by atoms with E-state index in [4.69, 9.17) is 9.84 Å².